The predicted octanol–water partition coefficient (Wildman–Crippen LogP) is 13.8. The quantitative estimate of drug-likeness (QED) is 0.172. The van der Waals surface area contributed by atoms with Gasteiger partial charge in [0.2, 0.25) is 0 Å². The first-order valence-corrected chi connectivity index (χ1v) is 16.8. The van der Waals surface area contributed by atoms with Crippen LogP contribution in [0.3, 0.4) is 0 Å². The lowest BCUT2D eigenvalue weighted by atomic mass is 9.86. The van der Waals surface area contributed by atoms with Crippen LogP contribution < -0.4 is 0 Å². The topological polar surface area (TPSA) is 13.1 Å². The molecule has 10 rings (SSSR count). The van der Waals surface area contributed by atoms with E-state index in [4.69, 9.17) is 4.42 Å². The number of fused-ring (bicyclic) bond motifs is 7. The average Bonchev–Trinajstić information content (AvgIpc) is 3.52. The molecule has 51 heavy (non-hydrogen) atoms. The van der Waals surface area contributed by atoms with E-state index >= 15 is 0 Å². The maximum absolute atomic E-state index is 14.5. The predicted molar refractivity (Wildman–Crippen MR) is 203 cm³/mol. The average molecular weight is 663 g/mol. The molecule has 0 fully saturated rings. The zero-order valence-electron chi connectivity index (χ0n) is 27.0. The van der Waals surface area contributed by atoms with Crippen LogP contribution in [-0.2, 0) is 6.18 Å². The molecule has 0 bridgehead atoms. The van der Waals surface area contributed by atoms with Gasteiger partial charge in [0.25, 0.3) is 0 Å². The van der Waals surface area contributed by atoms with Gasteiger partial charge in [-0.2, -0.15) is 13.2 Å². The molecule has 0 aliphatic heterocycles. The number of hydrogen-bond acceptors (Lipinski definition) is 1. The highest BCUT2D eigenvalue weighted by molar-refractivity contribution is 6.22. The van der Waals surface area contributed by atoms with E-state index in [9.17, 15) is 13.2 Å². The summed E-state index contributed by atoms with van der Waals surface area (Å²) in [5.41, 5.74) is 6.69. The van der Waals surface area contributed by atoms with Crippen molar-refractivity contribution in [1.82, 2.24) is 0 Å². The summed E-state index contributed by atoms with van der Waals surface area (Å²) in [4.78, 5) is 0. The molecule has 4 heteroatoms. The van der Waals surface area contributed by atoms with Gasteiger partial charge in [0.1, 0.15) is 11.2 Å². The molecule has 9 aromatic carbocycles. The van der Waals surface area contributed by atoms with E-state index in [1.54, 1.807) is 48.5 Å². The molecule has 0 saturated carbocycles. The van der Waals surface area contributed by atoms with Crippen LogP contribution in [0.5, 0.6) is 0 Å². The number of hydrogen-bond donors (Lipinski definition) is 0. The van der Waals surface area contributed by atoms with Crippen LogP contribution >= 0.6 is 0 Å². The molecule has 10 aromatic rings. The molecule has 0 unspecified atom stereocenters. The van der Waals surface area contributed by atoms with Crippen molar-refractivity contribution in [1.29, 1.82) is 0 Å². The molecule has 0 amide bonds. The summed E-state index contributed by atoms with van der Waals surface area (Å²) in [7, 11) is 0. The molecule has 0 aliphatic carbocycles. The van der Waals surface area contributed by atoms with Crippen molar-refractivity contribution >= 4 is 65.0 Å². The zero-order valence-corrected chi connectivity index (χ0v) is 27.0. The second kappa shape index (κ2) is 11.0. The lowest BCUT2D eigenvalue weighted by molar-refractivity contribution is -0.135. The Labute approximate surface area is 290 Å². The molecule has 1 nitrogen and oxygen atoms in total. The molecule has 0 aliphatic rings. The number of benzene rings is 8. The molecule has 0 N–H and O–H groups in total. The SMILES string of the molecule is FC(F)(F)c1c2ccccc2c(-c2ccc3c(c2)oc2ccc(-c4c5ccccc5c(-c5c#cccc5)c5ccccc45)cc23)c2ccccc12. The Morgan fingerprint density at radius 1 is 0.412 bits per heavy atom. The normalized spacial score (nSPS) is 12.1. The molecule has 1 aromatic heterocycles. The Morgan fingerprint density at radius 3 is 1.43 bits per heavy atom. The Bertz CT molecular complexity index is 2890. The number of furan rings is 1. The summed E-state index contributed by atoms with van der Waals surface area (Å²) in [6, 6.07) is 55.3. The Morgan fingerprint density at radius 2 is 0.902 bits per heavy atom. The third kappa shape index (κ3) is 4.45. The third-order valence-electron chi connectivity index (χ3n) is 10.1. The lowest BCUT2D eigenvalue weighted by Gasteiger charge is -2.18. The van der Waals surface area contributed by atoms with Crippen molar-refractivity contribution in [3.63, 3.8) is 0 Å². The molecule has 1 heterocycles. The largest absolute Gasteiger partial charge is 0.456 e. The van der Waals surface area contributed by atoms with Crippen LogP contribution in [0.2, 0.25) is 0 Å². The van der Waals surface area contributed by atoms with Crippen molar-refractivity contribution in [3.05, 3.63) is 169 Å². The first-order valence-electron chi connectivity index (χ1n) is 16.8. The van der Waals surface area contributed by atoms with Crippen LogP contribution in [0, 0.1) is 12.1 Å². The molecule has 0 radical (unpaired) electrons. The summed E-state index contributed by atoms with van der Waals surface area (Å²) >= 11 is 0. The number of rotatable bonds is 3. The van der Waals surface area contributed by atoms with Gasteiger partial charge in [0, 0.05) is 21.9 Å². The van der Waals surface area contributed by atoms with Crippen molar-refractivity contribution in [2.45, 2.75) is 6.18 Å². The Hall–Kier alpha value is -6.57. The van der Waals surface area contributed by atoms with Gasteiger partial charge in [-0.05, 0) is 102 Å². The van der Waals surface area contributed by atoms with E-state index in [1.807, 2.05) is 36.4 Å². The van der Waals surface area contributed by atoms with Crippen molar-refractivity contribution in [2.24, 2.45) is 0 Å². The molecular weight excluding hydrogens is 638 g/mol. The van der Waals surface area contributed by atoms with Gasteiger partial charge in [-0.15, -0.1) is 0 Å². The van der Waals surface area contributed by atoms with E-state index in [2.05, 4.69) is 78.9 Å². The van der Waals surface area contributed by atoms with Crippen LogP contribution in [0.25, 0.3) is 98.4 Å². The lowest BCUT2D eigenvalue weighted by Crippen LogP contribution is -2.07. The van der Waals surface area contributed by atoms with E-state index in [0.29, 0.717) is 16.4 Å². The van der Waals surface area contributed by atoms with Crippen LogP contribution in [0.1, 0.15) is 5.56 Å². The van der Waals surface area contributed by atoms with Crippen molar-refractivity contribution in [3.8, 4) is 33.4 Å². The maximum atomic E-state index is 14.5. The van der Waals surface area contributed by atoms with E-state index in [0.717, 1.165) is 71.3 Å². The molecule has 0 spiro atoms. The van der Waals surface area contributed by atoms with Crippen molar-refractivity contribution in [2.75, 3.05) is 0 Å². The first kappa shape index (κ1) is 29.4. The first-order chi connectivity index (χ1) is 25.0. The summed E-state index contributed by atoms with van der Waals surface area (Å²) in [6.45, 7) is 0. The molecule has 0 atom stereocenters. The number of halogens is 3. The van der Waals surface area contributed by atoms with Gasteiger partial charge in [-0.1, -0.05) is 127 Å². The summed E-state index contributed by atoms with van der Waals surface area (Å²) in [5, 5.41) is 7.93. The van der Waals surface area contributed by atoms with Gasteiger partial charge in [0.05, 0.1) is 5.56 Å². The molecule has 240 valence electrons. The van der Waals surface area contributed by atoms with Crippen molar-refractivity contribution < 1.29 is 17.6 Å². The molecule has 0 saturated heterocycles. The van der Waals surface area contributed by atoms with Gasteiger partial charge in [-0.25, -0.2) is 0 Å². The monoisotopic (exact) mass is 662 g/mol. The number of alkyl halides is 3. The Kier molecular flexibility index (Phi) is 6.31. The fourth-order valence-electron chi connectivity index (χ4n) is 8.06. The van der Waals surface area contributed by atoms with Crippen LogP contribution in [0.15, 0.2) is 156 Å². The minimum absolute atomic E-state index is 0.182. The summed E-state index contributed by atoms with van der Waals surface area (Å²) < 4.78 is 50.0. The maximum Gasteiger partial charge on any atom is 0.417 e. The second-order valence-electron chi connectivity index (χ2n) is 12.9. The smallest absolute Gasteiger partial charge is 0.417 e. The zero-order chi connectivity index (χ0) is 34.3. The summed E-state index contributed by atoms with van der Waals surface area (Å²) in [5.74, 6) is 0. The standard InChI is InChI=1S/C47H25F3O/c48-47(49,50)46-38-20-10-8-18-36(38)45(37-19-9-11-21-39(37)46)30-22-24-31-40-26-29(23-25-41(40)51-42(31)27-30)44-34-16-6-4-14-32(34)43(28-12-2-1-3-13-28)33-15-5-7-17-35(33)44/h1-2,4-12,14-27H. The second-order valence-corrected chi connectivity index (χ2v) is 12.9. The van der Waals surface area contributed by atoms with E-state index < -0.39 is 11.7 Å². The highest BCUT2D eigenvalue weighted by atomic mass is 19.4. The van der Waals surface area contributed by atoms with Gasteiger partial charge >= 0.3 is 6.18 Å². The van der Waals surface area contributed by atoms with Gasteiger partial charge in [0.15, 0.2) is 0 Å². The third-order valence-corrected chi connectivity index (χ3v) is 10.1. The minimum atomic E-state index is -4.51. The van der Waals surface area contributed by atoms with Gasteiger partial charge in [-0.3, -0.25) is 0 Å². The van der Waals surface area contributed by atoms with E-state index in [1.165, 1.54) is 0 Å². The van der Waals surface area contributed by atoms with Crippen LogP contribution in [-0.4, -0.2) is 0 Å². The fourth-order valence-corrected chi connectivity index (χ4v) is 8.06. The van der Waals surface area contributed by atoms with Gasteiger partial charge < -0.3 is 4.42 Å². The Balaban J connectivity index is 1.20. The van der Waals surface area contributed by atoms with E-state index in [-0.39, 0.29) is 10.8 Å². The highest BCUT2D eigenvalue weighted by Gasteiger charge is 2.35. The minimum Gasteiger partial charge on any atom is -0.456 e. The summed E-state index contributed by atoms with van der Waals surface area (Å²) in [6.07, 6.45) is -4.51. The fraction of sp³-hybridized carbons (Fsp3) is 0.0213. The molecular formula is C47H25F3O. The highest BCUT2D eigenvalue weighted by Crippen LogP contribution is 2.47. The van der Waals surface area contributed by atoms with Crippen LogP contribution in [0.4, 0.5) is 13.2 Å².